The number of benzene rings is 2. The second kappa shape index (κ2) is 18.8. The molecule has 0 spiro atoms. The van der Waals surface area contributed by atoms with Crippen LogP contribution in [0.4, 0.5) is 5.69 Å². The molecule has 7 heteroatoms. The maximum absolute atomic E-state index is 10.9. The summed E-state index contributed by atoms with van der Waals surface area (Å²) < 4.78 is 26.6. The van der Waals surface area contributed by atoms with Crippen LogP contribution < -0.4 is 14.4 Å². The number of rotatable bonds is 15. The molecule has 0 aliphatic rings. The van der Waals surface area contributed by atoms with E-state index in [9.17, 15) is 4.57 Å². The van der Waals surface area contributed by atoms with E-state index < -0.39 is 8.25 Å². The van der Waals surface area contributed by atoms with Gasteiger partial charge in [-0.15, -0.1) is 9.42 Å². The molecule has 1 atom stereocenters. The van der Waals surface area contributed by atoms with E-state index in [1.54, 1.807) is 20.3 Å². The summed E-state index contributed by atoms with van der Waals surface area (Å²) in [5.74, 6) is 1.20. The first-order valence-corrected chi connectivity index (χ1v) is 14.1. The predicted molar refractivity (Wildman–Crippen MR) is 152 cm³/mol. The molecule has 0 saturated carbocycles. The standard InChI is InChI=1S/C25H34NO5P.C4H10/c1-5-7-15-26(16-8-6-2)23-13-10-20(11-14-23)9-12-21-17-25(30-4)22(18-24(21)29-3)19-31-32(27)28;1-3-4-2/h9-14,17-18H,5-8,15-16,19H2,1-4H3;3-4H2,1-2H3/p+1/b12-9+;. The van der Waals surface area contributed by atoms with Gasteiger partial charge in [-0.2, -0.15) is 0 Å². The number of anilines is 1. The van der Waals surface area contributed by atoms with Crippen LogP contribution in [0, 0.1) is 0 Å². The van der Waals surface area contributed by atoms with Gasteiger partial charge >= 0.3 is 8.25 Å². The molecule has 2 aromatic rings. The van der Waals surface area contributed by atoms with Crippen molar-refractivity contribution in [2.45, 2.75) is 72.8 Å². The Morgan fingerprint density at radius 1 is 0.833 bits per heavy atom. The van der Waals surface area contributed by atoms with E-state index in [-0.39, 0.29) is 6.61 Å². The first kappa shape index (κ1) is 31.6. The van der Waals surface area contributed by atoms with Crippen molar-refractivity contribution < 1.29 is 23.5 Å². The summed E-state index contributed by atoms with van der Waals surface area (Å²) in [6.45, 7) is 10.9. The Bertz CT molecular complexity index is 905. The lowest BCUT2D eigenvalue weighted by Gasteiger charge is -2.24. The first-order chi connectivity index (χ1) is 17.4. The van der Waals surface area contributed by atoms with Crippen molar-refractivity contribution in [2.24, 2.45) is 0 Å². The quantitative estimate of drug-likeness (QED) is 0.189. The second-order valence-corrected chi connectivity index (χ2v) is 9.27. The molecule has 0 amide bonds. The topological polar surface area (TPSA) is 68.2 Å². The van der Waals surface area contributed by atoms with Gasteiger partial charge in [-0.25, -0.2) is 0 Å². The lowest BCUT2D eigenvalue weighted by Crippen LogP contribution is -2.25. The van der Waals surface area contributed by atoms with Crippen LogP contribution in [0.5, 0.6) is 11.5 Å². The SMILES string of the molecule is CCCC.CCCCN(CCCC)c1ccc(/C=C/c2cc(OC)c(CO[P+](=O)O)cc2OC)cc1. The lowest BCUT2D eigenvalue weighted by molar-refractivity contribution is 0.266. The lowest BCUT2D eigenvalue weighted by atomic mass is 10.1. The molecule has 0 aromatic heterocycles. The number of nitrogens with zero attached hydrogens (tertiary/aromatic N) is 1. The Morgan fingerprint density at radius 3 is 1.89 bits per heavy atom. The van der Waals surface area contributed by atoms with Gasteiger partial charge in [-0.1, -0.05) is 77.7 Å². The average Bonchev–Trinajstić information content (AvgIpc) is 2.91. The van der Waals surface area contributed by atoms with Crippen LogP contribution in [0.3, 0.4) is 0 Å². The molecule has 0 fully saturated rings. The molecule has 1 N–H and O–H groups in total. The molecule has 2 rings (SSSR count). The van der Waals surface area contributed by atoms with E-state index in [0.717, 1.165) is 24.2 Å². The summed E-state index contributed by atoms with van der Waals surface area (Å²) in [4.78, 5) is 11.4. The van der Waals surface area contributed by atoms with Crippen molar-refractivity contribution in [1.29, 1.82) is 0 Å². The molecule has 200 valence electrons. The number of hydrogen-bond donors (Lipinski definition) is 1. The van der Waals surface area contributed by atoms with Gasteiger partial charge in [0, 0.05) is 34.5 Å². The van der Waals surface area contributed by atoms with Gasteiger partial charge < -0.3 is 14.4 Å². The van der Waals surface area contributed by atoms with Crippen LogP contribution in [0.15, 0.2) is 36.4 Å². The number of methoxy groups -OCH3 is 2. The Labute approximate surface area is 219 Å². The fraction of sp³-hybridized carbons (Fsp3) is 0.517. The van der Waals surface area contributed by atoms with Crippen molar-refractivity contribution in [2.75, 3.05) is 32.2 Å². The summed E-state index contributed by atoms with van der Waals surface area (Å²) in [6, 6.07) is 12.2. The average molecular weight is 519 g/mol. The molecule has 36 heavy (non-hydrogen) atoms. The summed E-state index contributed by atoms with van der Waals surface area (Å²) in [7, 11) is 0.465. The highest BCUT2D eigenvalue weighted by Gasteiger charge is 2.17. The van der Waals surface area contributed by atoms with Crippen LogP contribution in [-0.4, -0.2) is 32.2 Å². The van der Waals surface area contributed by atoms with Crippen LogP contribution in [0.1, 0.15) is 82.9 Å². The molecule has 0 aliphatic carbocycles. The van der Waals surface area contributed by atoms with Gasteiger partial charge in [0.05, 0.1) is 14.2 Å². The number of hydrogen-bond acceptors (Lipinski definition) is 5. The maximum Gasteiger partial charge on any atom is 0.695 e. The summed E-state index contributed by atoms with van der Waals surface area (Å²) in [6.07, 6.45) is 11.4. The molecule has 6 nitrogen and oxygen atoms in total. The van der Waals surface area contributed by atoms with Crippen molar-refractivity contribution in [3.63, 3.8) is 0 Å². The van der Waals surface area contributed by atoms with Crippen molar-refractivity contribution in [3.05, 3.63) is 53.1 Å². The fourth-order valence-electron chi connectivity index (χ4n) is 3.40. The molecular weight excluding hydrogens is 473 g/mol. The molecule has 0 heterocycles. The minimum absolute atomic E-state index is 0.0384. The van der Waals surface area contributed by atoms with Crippen molar-refractivity contribution in [3.8, 4) is 11.5 Å². The Kier molecular flexibility index (Phi) is 16.5. The van der Waals surface area contributed by atoms with E-state index in [4.69, 9.17) is 18.9 Å². The minimum Gasteiger partial charge on any atom is -0.496 e. The van der Waals surface area contributed by atoms with Crippen molar-refractivity contribution in [1.82, 2.24) is 0 Å². The molecule has 0 bridgehead atoms. The Hall–Kier alpha value is -2.40. The predicted octanol–water partition coefficient (Wildman–Crippen LogP) is 8.25. The zero-order chi connectivity index (χ0) is 26.8. The van der Waals surface area contributed by atoms with Crippen LogP contribution in [-0.2, 0) is 15.7 Å². The van der Waals surface area contributed by atoms with Crippen molar-refractivity contribution >= 4 is 26.1 Å². The summed E-state index contributed by atoms with van der Waals surface area (Å²) in [5.41, 5.74) is 3.83. The highest BCUT2D eigenvalue weighted by Crippen LogP contribution is 2.32. The third kappa shape index (κ3) is 11.6. The van der Waals surface area contributed by atoms with E-state index in [0.29, 0.717) is 17.1 Å². The van der Waals surface area contributed by atoms with Gasteiger partial charge in [0.25, 0.3) is 0 Å². The zero-order valence-electron chi connectivity index (χ0n) is 23.0. The molecule has 1 unspecified atom stereocenters. The van der Waals surface area contributed by atoms with E-state index in [2.05, 4.69) is 56.9 Å². The normalized spacial score (nSPS) is 11.1. The summed E-state index contributed by atoms with van der Waals surface area (Å²) >= 11 is 0. The van der Waals surface area contributed by atoms with E-state index in [1.807, 2.05) is 18.2 Å². The summed E-state index contributed by atoms with van der Waals surface area (Å²) in [5, 5.41) is 0. The molecular formula is C29H45NO5P+. The Morgan fingerprint density at radius 2 is 1.42 bits per heavy atom. The number of unbranched alkanes of at least 4 members (excludes halogenated alkanes) is 3. The van der Waals surface area contributed by atoms with Crippen LogP contribution >= 0.6 is 8.25 Å². The van der Waals surface area contributed by atoms with Gasteiger partial charge in [0.2, 0.25) is 0 Å². The van der Waals surface area contributed by atoms with Gasteiger partial charge in [-0.05, 0) is 42.7 Å². The highest BCUT2D eigenvalue weighted by atomic mass is 31.1. The van der Waals surface area contributed by atoms with E-state index in [1.165, 1.54) is 44.2 Å². The molecule has 0 radical (unpaired) electrons. The fourth-order valence-corrected chi connectivity index (χ4v) is 3.65. The monoisotopic (exact) mass is 518 g/mol. The largest absolute Gasteiger partial charge is 0.695 e. The molecule has 0 aliphatic heterocycles. The van der Waals surface area contributed by atoms with Crippen LogP contribution in [0.25, 0.3) is 12.2 Å². The van der Waals surface area contributed by atoms with Gasteiger partial charge in [0.1, 0.15) is 18.1 Å². The highest BCUT2D eigenvalue weighted by molar-refractivity contribution is 7.32. The van der Waals surface area contributed by atoms with Gasteiger partial charge in [0.15, 0.2) is 0 Å². The van der Waals surface area contributed by atoms with Crippen LogP contribution in [0.2, 0.25) is 0 Å². The number of ether oxygens (including phenoxy) is 2. The molecule has 2 aromatic carbocycles. The first-order valence-electron chi connectivity index (χ1n) is 13.0. The second-order valence-electron chi connectivity index (χ2n) is 8.54. The third-order valence-corrected chi connectivity index (χ3v) is 6.09. The Balaban J connectivity index is 0.00000150. The van der Waals surface area contributed by atoms with E-state index >= 15 is 0 Å². The smallest absolute Gasteiger partial charge is 0.496 e. The zero-order valence-corrected chi connectivity index (χ0v) is 23.9. The molecule has 0 saturated heterocycles. The maximum atomic E-state index is 10.9. The third-order valence-electron chi connectivity index (χ3n) is 5.74. The minimum atomic E-state index is -2.68. The van der Waals surface area contributed by atoms with Gasteiger partial charge in [-0.3, -0.25) is 0 Å².